The average molecular weight is 261 g/mol. The van der Waals surface area contributed by atoms with E-state index >= 15 is 0 Å². The first-order valence-corrected chi connectivity index (χ1v) is 5.47. The van der Waals surface area contributed by atoms with Gasteiger partial charge in [0.05, 0.1) is 12.7 Å². The van der Waals surface area contributed by atoms with Gasteiger partial charge in [0.1, 0.15) is 6.61 Å². The molecule has 0 amide bonds. The molecule has 0 saturated heterocycles. The Balaban J connectivity index is 3.07. The van der Waals surface area contributed by atoms with Crippen LogP contribution in [0.15, 0.2) is 23.1 Å². The van der Waals surface area contributed by atoms with Crippen LogP contribution in [0.5, 0.6) is 0 Å². The number of aliphatic hydroxyl groups excluding tert-OH is 1. The first-order valence-electron chi connectivity index (χ1n) is 4.28. The van der Waals surface area contributed by atoms with Gasteiger partial charge in [-0.15, -0.1) is 0 Å². The molecule has 0 radical (unpaired) electrons. The number of esters is 1. The summed E-state index contributed by atoms with van der Waals surface area (Å²) in [6.45, 7) is -0.589. The molecule has 86 valence electrons. The van der Waals surface area contributed by atoms with Gasteiger partial charge in [-0.05, 0) is 30.0 Å². The molecule has 1 aromatic carbocycles. The van der Waals surface area contributed by atoms with E-state index in [1.54, 1.807) is 6.07 Å². The topological polar surface area (TPSA) is 63.6 Å². The van der Waals surface area contributed by atoms with Gasteiger partial charge < -0.3 is 9.84 Å². The lowest BCUT2D eigenvalue weighted by atomic mass is 10.2. The van der Waals surface area contributed by atoms with Crippen LogP contribution in [0.4, 0.5) is 0 Å². The molecule has 0 aliphatic heterocycles. The van der Waals surface area contributed by atoms with E-state index in [4.69, 9.17) is 16.7 Å². The van der Waals surface area contributed by atoms with Gasteiger partial charge >= 0.3 is 5.97 Å². The molecule has 0 fully saturated rings. The van der Waals surface area contributed by atoms with Crippen LogP contribution in [0, 0.1) is 0 Å². The summed E-state index contributed by atoms with van der Waals surface area (Å²) in [6.07, 6.45) is 0. The number of benzene rings is 1. The van der Waals surface area contributed by atoms with Crippen LogP contribution >= 0.6 is 23.4 Å². The summed E-state index contributed by atoms with van der Waals surface area (Å²) < 4.78 is 4.56. The van der Waals surface area contributed by atoms with Gasteiger partial charge in [-0.3, -0.25) is 4.79 Å². The normalized spacial score (nSPS) is 9.94. The zero-order valence-electron chi connectivity index (χ0n) is 8.40. The molecular formula is C10H9ClO4S. The van der Waals surface area contributed by atoms with Gasteiger partial charge in [0.2, 0.25) is 5.12 Å². The first kappa shape index (κ1) is 13.0. The number of carbonyl (C=O) groups excluding carboxylic acids is 2. The molecule has 0 spiro atoms. The SMILES string of the molecule is COC(=O)c1cc(Cl)ccc1SC(=O)CO. The Bertz CT molecular complexity index is 419. The molecule has 0 atom stereocenters. The smallest absolute Gasteiger partial charge is 0.339 e. The lowest BCUT2D eigenvalue weighted by Gasteiger charge is -2.06. The molecule has 1 rings (SSSR count). The van der Waals surface area contributed by atoms with Crippen molar-refractivity contribution in [3.05, 3.63) is 28.8 Å². The number of carbonyl (C=O) groups is 2. The second-order valence-electron chi connectivity index (χ2n) is 2.76. The Morgan fingerprint density at radius 2 is 2.19 bits per heavy atom. The van der Waals surface area contributed by atoms with Gasteiger partial charge in [-0.25, -0.2) is 4.79 Å². The van der Waals surface area contributed by atoms with Gasteiger partial charge in [0, 0.05) is 9.92 Å². The van der Waals surface area contributed by atoms with Gasteiger partial charge in [-0.1, -0.05) is 11.6 Å². The molecule has 6 heteroatoms. The molecule has 4 nitrogen and oxygen atoms in total. The number of hydrogen-bond acceptors (Lipinski definition) is 5. The van der Waals surface area contributed by atoms with Crippen molar-refractivity contribution in [3.63, 3.8) is 0 Å². The second kappa shape index (κ2) is 5.89. The first-order chi connectivity index (χ1) is 7.58. The van der Waals surface area contributed by atoms with Gasteiger partial charge in [-0.2, -0.15) is 0 Å². The van der Waals surface area contributed by atoms with Crippen LogP contribution < -0.4 is 0 Å². The van der Waals surface area contributed by atoms with E-state index < -0.39 is 17.7 Å². The van der Waals surface area contributed by atoms with Crippen LogP contribution in [0.1, 0.15) is 10.4 Å². The molecule has 0 unspecified atom stereocenters. The van der Waals surface area contributed by atoms with Crippen molar-refractivity contribution < 1.29 is 19.4 Å². The zero-order valence-corrected chi connectivity index (χ0v) is 9.97. The quantitative estimate of drug-likeness (QED) is 0.662. The van der Waals surface area contributed by atoms with Crippen molar-refractivity contribution in [2.24, 2.45) is 0 Å². The van der Waals surface area contributed by atoms with E-state index in [1.807, 2.05) is 0 Å². The number of methoxy groups -OCH3 is 1. The standard InChI is InChI=1S/C10H9ClO4S/c1-15-10(14)7-4-6(11)2-3-8(7)16-9(13)5-12/h2-4,12H,5H2,1H3. The van der Waals surface area contributed by atoms with Crippen molar-refractivity contribution in [2.75, 3.05) is 13.7 Å². The lowest BCUT2D eigenvalue weighted by molar-refractivity contribution is -0.113. The van der Waals surface area contributed by atoms with Crippen molar-refractivity contribution in [2.45, 2.75) is 4.90 Å². The Hall–Kier alpha value is -1.04. The number of aliphatic hydroxyl groups is 1. The molecule has 0 bridgehead atoms. The van der Waals surface area contributed by atoms with Crippen LogP contribution in [0.25, 0.3) is 0 Å². The highest BCUT2D eigenvalue weighted by Gasteiger charge is 2.15. The molecule has 1 aromatic rings. The molecule has 0 saturated carbocycles. The molecule has 0 heterocycles. The fourth-order valence-electron chi connectivity index (χ4n) is 1.02. The van der Waals surface area contributed by atoms with Crippen LogP contribution in [-0.2, 0) is 9.53 Å². The zero-order chi connectivity index (χ0) is 12.1. The molecule has 0 aliphatic rings. The third-order valence-electron chi connectivity index (χ3n) is 1.70. The predicted molar refractivity (Wildman–Crippen MR) is 60.7 cm³/mol. The maximum Gasteiger partial charge on any atom is 0.339 e. The number of ether oxygens (including phenoxy) is 1. The van der Waals surface area contributed by atoms with Crippen molar-refractivity contribution in [1.29, 1.82) is 0 Å². The minimum absolute atomic E-state index is 0.210. The van der Waals surface area contributed by atoms with Crippen molar-refractivity contribution in [1.82, 2.24) is 0 Å². The predicted octanol–water partition coefficient (Wildman–Crippen LogP) is 1.74. The maximum absolute atomic E-state index is 11.4. The summed E-state index contributed by atoms with van der Waals surface area (Å²) in [5.41, 5.74) is 0.210. The minimum atomic E-state index is -0.589. The van der Waals surface area contributed by atoms with E-state index in [-0.39, 0.29) is 5.56 Å². The van der Waals surface area contributed by atoms with Crippen molar-refractivity contribution >= 4 is 34.4 Å². The van der Waals surface area contributed by atoms with E-state index in [1.165, 1.54) is 19.2 Å². The van der Waals surface area contributed by atoms with E-state index in [2.05, 4.69) is 4.74 Å². The maximum atomic E-state index is 11.4. The lowest BCUT2D eigenvalue weighted by Crippen LogP contribution is -2.05. The summed E-state index contributed by atoms with van der Waals surface area (Å²) in [7, 11) is 1.24. The third kappa shape index (κ3) is 3.23. The van der Waals surface area contributed by atoms with Crippen LogP contribution in [0.2, 0.25) is 5.02 Å². The highest BCUT2D eigenvalue weighted by Crippen LogP contribution is 2.26. The molecular weight excluding hydrogens is 252 g/mol. The van der Waals surface area contributed by atoms with Gasteiger partial charge in [0.25, 0.3) is 0 Å². The molecule has 1 N–H and O–H groups in total. The van der Waals surface area contributed by atoms with Crippen molar-refractivity contribution in [3.8, 4) is 0 Å². The third-order valence-corrected chi connectivity index (χ3v) is 2.87. The summed E-state index contributed by atoms with van der Waals surface area (Å²) in [6, 6.07) is 4.51. The molecule has 0 aromatic heterocycles. The Labute approximate surface area is 102 Å². The number of rotatable bonds is 3. The van der Waals surface area contributed by atoms with E-state index in [0.29, 0.717) is 9.92 Å². The second-order valence-corrected chi connectivity index (χ2v) is 4.30. The van der Waals surface area contributed by atoms with E-state index in [0.717, 1.165) is 11.8 Å². The average Bonchev–Trinajstić information content (AvgIpc) is 2.30. The fraction of sp³-hybridized carbons (Fsp3) is 0.200. The summed E-state index contributed by atoms with van der Waals surface area (Å²) in [4.78, 5) is 22.9. The number of hydrogen-bond donors (Lipinski definition) is 1. The van der Waals surface area contributed by atoms with Crippen LogP contribution in [-0.4, -0.2) is 29.9 Å². The monoisotopic (exact) mass is 260 g/mol. The Morgan fingerprint density at radius 1 is 1.50 bits per heavy atom. The Kier molecular flexibility index (Phi) is 4.79. The van der Waals surface area contributed by atoms with Gasteiger partial charge in [0.15, 0.2) is 0 Å². The summed E-state index contributed by atoms with van der Waals surface area (Å²) in [5, 5.41) is 8.55. The summed E-state index contributed by atoms with van der Waals surface area (Å²) >= 11 is 6.51. The van der Waals surface area contributed by atoms with E-state index in [9.17, 15) is 9.59 Å². The molecule has 16 heavy (non-hydrogen) atoms. The van der Waals surface area contributed by atoms with Crippen LogP contribution in [0.3, 0.4) is 0 Å². The molecule has 0 aliphatic carbocycles. The number of thioether (sulfide) groups is 1. The highest BCUT2D eigenvalue weighted by molar-refractivity contribution is 8.13. The Morgan fingerprint density at radius 3 is 2.75 bits per heavy atom. The fourth-order valence-corrected chi connectivity index (χ4v) is 1.89. The largest absolute Gasteiger partial charge is 0.465 e. The number of halogens is 1. The summed E-state index contributed by atoms with van der Waals surface area (Å²) in [5.74, 6) is -0.573. The highest BCUT2D eigenvalue weighted by atomic mass is 35.5. The minimum Gasteiger partial charge on any atom is -0.465 e.